The molecule has 1 aliphatic rings. The molecule has 11 heteroatoms. The van der Waals surface area contributed by atoms with Gasteiger partial charge in [-0.1, -0.05) is 30.3 Å². The Kier molecular flexibility index (Phi) is 7.13. The largest absolute Gasteiger partial charge is 0.368 e. The Morgan fingerprint density at radius 3 is 2.19 bits per heavy atom. The smallest absolute Gasteiger partial charge is 0.264 e. The van der Waals surface area contributed by atoms with Crippen LogP contribution in [0.4, 0.5) is 0 Å². The molecule has 0 radical (unpaired) electrons. The molecule has 0 aromatic heterocycles. The van der Waals surface area contributed by atoms with E-state index in [1.807, 2.05) is 30.3 Å². The van der Waals surface area contributed by atoms with Gasteiger partial charge in [0.2, 0.25) is 0 Å². The zero-order valence-corrected chi connectivity index (χ0v) is 16.2. The topological polar surface area (TPSA) is 114 Å². The van der Waals surface area contributed by atoms with Crippen molar-refractivity contribution >= 4 is 20.2 Å². The lowest BCUT2D eigenvalue weighted by molar-refractivity contribution is -0.146. The minimum Gasteiger partial charge on any atom is -0.368 e. The van der Waals surface area contributed by atoms with Gasteiger partial charge in [0.1, 0.15) is 12.2 Å². The summed E-state index contributed by atoms with van der Waals surface area (Å²) in [6.45, 7) is -0.216. The molecular formula is C15H22O9S2. The molecule has 9 nitrogen and oxygen atoms in total. The molecule has 0 bridgehead atoms. The van der Waals surface area contributed by atoms with E-state index in [1.165, 1.54) is 7.11 Å². The highest BCUT2D eigenvalue weighted by Crippen LogP contribution is 2.29. The molecule has 1 aliphatic heterocycles. The summed E-state index contributed by atoms with van der Waals surface area (Å²) in [7, 11) is -6.23. The minimum absolute atomic E-state index is 0.143. The lowest BCUT2D eigenvalue weighted by atomic mass is 10.1. The molecule has 148 valence electrons. The average molecular weight is 410 g/mol. The highest BCUT2D eigenvalue weighted by atomic mass is 32.2. The van der Waals surface area contributed by atoms with Crippen LogP contribution in [-0.4, -0.2) is 67.7 Å². The van der Waals surface area contributed by atoms with Crippen LogP contribution in [0.3, 0.4) is 0 Å². The molecule has 1 unspecified atom stereocenters. The van der Waals surface area contributed by atoms with Crippen LogP contribution in [-0.2, 0) is 49.4 Å². The first-order chi connectivity index (χ1) is 12.1. The van der Waals surface area contributed by atoms with Gasteiger partial charge in [-0.3, -0.25) is 8.37 Å². The van der Waals surface area contributed by atoms with Crippen molar-refractivity contribution < 1.29 is 39.4 Å². The Balaban J connectivity index is 2.18. The van der Waals surface area contributed by atoms with Crippen LogP contribution >= 0.6 is 0 Å². The molecule has 1 saturated heterocycles. The third-order valence-corrected chi connectivity index (χ3v) is 4.65. The molecule has 1 aromatic rings. The Morgan fingerprint density at radius 2 is 1.65 bits per heavy atom. The second-order valence-corrected chi connectivity index (χ2v) is 9.04. The first-order valence-electron chi connectivity index (χ1n) is 7.65. The fourth-order valence-corrected chi connectivity index (χ4v) is 3.46. The van der Waals surface area contributed by atoms with Crippen molar-refractivity contribution in [2.75, 3.05) is 26.2 Å². The van der Waals surface area contributed by atoms with Gasteiger partial charge in [-0.2, -0.15) is 16.8 Å². The molecule has 26 heavy (non-hydrogen) atoms. The van der Waals surface area contributed by atoms with Gasteiger partial charge in [0.15, 0.2) is 12.4 Å². The SMILES string of the molecule is CO[C@@H]1O[C@H](COS(C)(=O)=O)[C@@H](OCc2ccccc2)C1OS(C)(=O)=O. The highest BCUT2D eigenvalue weighted by molar-refractivity contribution is 7.86. The van der Waals surface area contributed by atoms with Crippen molar-refractivity contribution in [2.45, 2.75) is 31.2 Å². The predicted molar refractivity (Wildman–Crippen MR) is 91.2 cm³/mol. The normalized spacial score (nSPS) is 26.9. The summed E-state index contributed by atoms with van der Waals surface area (Å²) in [4.78, 5) is 0. The number of benzene rings is 1. The Bertz CT molecular complexity index is 777. The number of methoxy groups -OCH3 is 1. The number of hydrogen-bond donors (Lipinski definition) is 0. The average Bonchev–Trinajstić information content (AvgIpc) is 2.86. The van der Waals surface area contributed by atoms with Gasteiger partial charge < -0.3 is 14.2 Å². The van der Waals surface area contributed by atoms with Crippen LogP contribution in [0.15, 0.2) is 30.3 Å². The van der Waals surface area contributed by atoms with Crippen molar-refractivity contribution in [2.24, 2.45) is 0 Å². The van der Waals surface area contributed by atoms with Crippen LogP contribution in [0, 0.1) is 0 Å². The second kappa shape index (κ2) is 8.74. The zero-order valence-electron chi connectivity index (χ0n) is 14.6. The highest BCUT2D eigenvalue weighted by Gasteiger charge is 2.49. The number of hydrogen-bond acceptors (Lipinski definition) is 9. The van der Waals surface area contributed by atoms with Crippen molar-refractivity contribution in [1.82, 2.24) is 0 Å². The van der Waals surface area contributed by atoms with E-state index >= 15 is 0 Å². The second-order valence-electron chi connectivity index (χ2n) is 5.79. The molecular weight excluding hydrogens is 388 g/mol. The summed E-state index contributed by atoms with van der Waals surface area (Å²) in [5, 5.41) is 0. The third kappa shape index (κ3) is 6.58. The van der Waals surface area contributed by atoms with E-state index < -0.39 is 44.8 Å². The molecule has 0 spiro atoms. The Labute approximate surface area is 153 Å². The minimum atomic E-state index is -3.83. The summed E-state index contributed by atoms with van der Waals surface area (Å²) < 4.78 is 71.9. The Hall–Kier alpha value is -1.08. The fraction of sp³-hybridized carbons (Fsp3) is 0.600. The quantitative estimate of drug-likeness (QED) is 0.529. The van der Waals surface area contributed by atoms with Gasteiger partial charge in [-0.25, -0.2) is 0 Å². The molecule has 1 fully saturated rings. The maximum absolute atomic E-state index is 11.6. The maximum atomic E-state index is 11.6. The lowest BCUT2D eigenvalue weighted by Crippen LogP contribution is -2.40. The van der Waals surface area contributed by atoms with E-state index in [0.717, 1.165) is 18.1 Å². The van der Waals surface area contributed by atoms with Gasteiger partial charge in [0.25, 0.3) is 20.2 Å². The molecule has 0 aliphatic carbocycles. The molecule has 2 rings (SSSR count). The predicted octanol–water partition coefficient (Wildman–Crippen LogP) is 0.264. The van der Waals surface area contributed by atoms with Crippen molar-refractivity contribution in [3.63, 3.8) is 0 Å². The van der Waals surface area contributed by atoms with E-state index in [-0.39, 0.29) is 13.2 Å². The third-order valence-electron chi connectivity index (χ3n) is 3.52. The van der Waals surface area contributed by atoms with E-state index in [4.69, 9.17) is 22.6 Å². The standard InChI is InChI=1S/C15H22O9S2/c1-20-15-14(24-26(3,18)19)13(12(23-15)10-22-25(2,16)17)21-9-11-7-5-4-6-8-11/h4-8,12-15H,9-10H2,1-3H3/t12-,13-,14?,15-/m1/s1. The van der Waals surface area contributed by atoms with Crippen molar-refractivity contribution in [3.05, 3.63) is 35.9 Å². The van der Waals surface area contributed by atoms with Crippen molar-refractivity contribution in [1.29, 1.82) is 0 Å². The van der Waals surface area contributed by atoms with E-state index in [2.05, 4.69) is 0 Å². The van der Waals surface area contributed by atoms with Crippen LogP contribution in [0.1, 0.15) is 5.56 Å². The molecule has 1 aromatic carbocycles. The fourth-order valence-electron chi connectivity index (χ4n) is 2.48. The summed E-state index contributed by atoms with van der Waals surface area (Å²) in [6.07, 6.45) is -2.18. The summed E-state index contributed by atoms with van der Waals surface area (Å²) >= 11 is 0. The molecule has 0 amide bonds. The molecule has 1 heterocycles. The van der Waals surface area contributed by atoms with Crippen molar-refractivity contribution in [3.8, 4) is 0 Å². The lowest BCUT2D eigenvalue weighted by Gasteiger charge is -2.23. The Morgan fingerprint density at radius 1 is 1.00 bits per heavy atom. The number of rotatable bonds is 9. The summed E-state index contributed by atoms with van der Waals surface area (Å²) in [5.74, 6) is 0. The van der Waals surface area contributed by atoms with Crippen LogP contribution in [0.2, 0.25) is 0 Å². The molecule has 0 saturated carbocycles. The monoisotopic (exact) mass is 410 g/mol. The van der Waals surface area contributed by atoms with E-state index in [1.54, 1.807) is 0 Å². The van der Waals surface area contributed by atoms with Gasteiger partial charge in [0.05, 0.1) is 25.7 Å². The van der Waals surface area contributed by atoms with Gasteiger partial charge in [-0.15, -0.1) is 0 Å². The van der Waals surface area contributed by atoms with Crippen LogP contribution in [0.5, 0.6) is 0 Å². The molecule has 4 atom stereocenters. The molecule has 0 N–H and O–H groups in total. The summed E-state index contributed by atoms with van der Waals surface area (Å²) in [5.41, 5.74) is 0.842. The van der Waals surface area contributed by atoms with Crippen LogP contribution < -0.4 is 0 Å². The first kappa shape index (κ1) is 21.2. The first-order valence-corrected chi connectivity index (χ1v) is 11.3. The maximum Gasteiger partial charge on any atom is 0.264 e. The summed E-state index contributed by atoms with van der Waals surface area (Å²) in [6, 6.07) is 9.17. The van der Waals surface area contributed by atoms with E-state index in [9.17, 15) is 16.8 Å². The van der Waals surface area contributed by atoms with E-state index in [0.29, 0.717) is 0 Å². The zero-order chi connectivity index (χ0) is 19.4. The van der Waals surface area contributed by atoms with Gasteiger partial charge >= 0.3 is 0 Å². The van der Waals surface area contributed by atoms with Crippen LogP contribution in [0.25, 0.3) is 0 Å². The van der Waals surface area contributed by atoms with Gasteiger partial charge in [-0.05, 0) is 5.56 Å². The van der Waals surface area contributed by atoms with Gasteiger partial charge in [0, 0.05) is 7.11 Å². The number of ether oxygens (including phenoxy) is 3.